The van der Waals surface area contributed by atoms with Gasteiger partial charge in [0.1, 0.15) is 11.5 Å². The van der Waals surface area contributed by atoms with Gasteiger partial charge in [-0.2, -0.15) is 27.1 Å². The molecule has 0 fully saturated rings. The van der Waals surface area contributed by atoms with Gasteiger partial charge in [-0.15, -0.1) is 0 Å². The third kappa shape index (κ3) is 4.79. The molecule has 1 aliphatic rings. The Morgan fingerprint density at radius 1 is 0.944 bits per heavy atom. The lowest BCUT2D eigenvalue weighted by Crippen LogP contribution is -2.43. The number of alkyl halides is 5. The fourth-order valence-electron chi connectivity index (χ4n) is 3.72. The predicted molar refractivity (Wildman–Crippen MR) is 117 cm³/mol. The van der Waals surface area contributed by atoms with Crippen molar-refractivity contribution >= 4 is 21.2 Å². The van der Waals surface area contributed by atoms with Crippen LogP contribution in [0.5, 0.6) is 0 Å². The summed E-state index contributed by atoms with van der Waals surface area (Å²) < 4.78 is 119. The highest BCUT2D eigenvalue weighted by atomic mass is 32.2. The van der Waals surface area contributed by atoms with Crippen LogP contribution in [-0.2, 0) is 9.84 Å². The van der Waals surface area contributed by atoms with E-state index < -0.39 is 57.4 Å². The maximum atomic E-state index is 14.5. The minimum Gasteiger partial charge on any atom is -0.263 e. The molecule has 4 rings (SSSR count). The maximum Gasteiger partial charge on any atom is 0.459 e. The highest BCUT2D eigenvalue weighted by Crippen LogP contribution is 2.45. The fraction of sp³-hybridized carbons (Fsp3) is 0.217. The Hall–Kier alpha value is -3.48. The molecule has 0 radical (unpaired) electrons. The minimum absolute atomic E-state index is 0.0864. The van der Waals surface area contributed by atoms with E-state index in [1.54, 1.807) is 6.07 Å². The van der Waals surface area contributed by atoms with Crippen molar-refractivity contribution in [1.82, 2.24) is 4.98 Å². The monoisotopic (exact) mass is 531 g/mol. The Bertz CT molecular complexity index is 1460. The molecule has 0 saturated carbocycles. The topological polar surface area (TPSA) is 62.6 Å². The van der Waals surface area contributed by atoms with E-state index in [4.69, 9.17) is 0 Å². The van der Waals surface area contributed by atoms with Gasteiger partial charge in [0.25, 0.3) is 0 Å². The molecule has 0 bridgehead atoms. The first-order valence-corrected chi connectivity index (χ1v) is 12.1. The number of hydrogen-bond donors (Lipinski definition) is 0. The number of benzene rings is 2. The van der Waals surface area contributed by atoms with Gasteiger partial charge in [-0.25, -0.2) is 17.2 Å². The van der Waals surface area contributed by atoms with E-state index in [0.717, 1.165) is 24.6 Å². The van der Waals surface area contributed by atoms with E-state index in [2.05, 4.69) is 10.1 Å². The van der Waals surface area contributed by atoms with E-state index in [1.807, 2.05) is 0 Å². The molecule has 3 aromatic rings. The summed E-state index contributed by atoms with van der Waals surface area (Å²) in [6.07, 6.45) is -3.38. The second-order valence-corrected chi connectivity index (χ2v) is 10.1. The van der Waals surface area contributed by atoms with Gasteiger partial charge < -0.3 is 0 Å². The quantitative estimate of drug-likeness (QED) is 0.383. The number of pyridine rings is 1. The van der Waals surface area contributed by atoms with Gasteiger partial charge in [0.05, 0.1) is 16.6 Å². The Morgan fingerprint density at radius 3 is 2.31 bits per heavy atom. The molecule has 1 atom stereocenters. The van der Waals surface area contributed by atoms with Crippen LogP contribution in [0.4, 0.5) is 36.4 Å². The molecule has 0 aliphatic carbocycles. The SMILES string of the molecule is CS(=O)(=O)c1cncc(-c2cccc(C3CC(C(F)(F)C(F)(F)F)=NN3c3ccc(F)cc3F)c2)c1. The average molecular weight is 531 g/mol. The van der Waals surface area contributed by atoms with Crippen molar-refractivity contribution in [3.8, 4) is 11.1 Å². The zero-order chi connectivity index (χ0) is 26.5. The van der Waals surface area contributed by atoms with Crippen molar-refractivity contribution in [3.05, 3.63) is 78.1 Å². The third-order valence-corrected chi connectivity index (χ3v) is 6.61. The second-order valence-electron chi connectivity index (χ2n) is 8.09. The molecule has 5 nitrogen and oxygen atoms in total. The van der Waals surface area contributed by atoms with Crippen molar-refractivity contribution in [1.29, 1.82) is 0 Å². The molecule has 0 N–H and O–H groups in total. The average Bonchev–Trinajstić information content (AvgIpc) is 3.24. The number of anilines is 1. The Morgan fingerprint density at radius 2 is 1.67 bits per heavy atom. The van der Waals surface area contributed by atoms with Crippen LogP contribution in [0, 0.1) is 11.6 Å². The summed E-state index contributed by atoms with van der Waals surface area (Å²) in [6, 6.07) is 8.05. The summed E-state index contributed by atoms with van der Waals surface area (Å²) in [4.78, 5) is 3.80. The van der Waals surface area contributed by atoms with E-state index in [1.165, 1.54) is 30.5 Å². The fourth-order valence-corrected chi connectivity index (χ4v) is 4.31. The lowest BCUT2D eigenvalue weighted by Gasteiger charge is -2.25. The molecule has 1 aliphatic heterocycles. The summed E-state index contributed by atoms with van der Waals surface area (Å²) in [7, 11) is -3.60. The summed E-state index contributed by atoms with van der Waals surface area (Å²) in [5, 5.41) is 4.08. The van der Waals surface area contributed by atoms with Gasteiger partial charge in [-0.3, -0.25) is 9.99 Å². The summed E-state index contributed by atoms with van der Waals surface area (Å²) in [6.45, 7) is 0. The summed E-state index contributed by atoms with van der Waals surface area (Å²) >= 11 is 0. The van der Waals surface area contributed by atoms with Crippen molar-refractivity contribution in [2.75, 3.05) is 11.3 Å². The number of aromatic nitrogens is 1. The van der Waals surface area contributed by atoms with Gasteiger partial charge >= 0.3 is 12.1 Å². The van der Waals surface area contributed by atoms with Crippen LogP contribution in [0.1, 0.15) is 18.0 Å². The van der Waals surface area contributed by atoms with E-state index >= 15 is 0 Å². The number of halogens is 7. The number of rotatable bonds is 5. The first-order chi connectivity index (χ1) is 16.7. The first-order valence-electron chi connectivity index (χ1n) is 10.2. The van der Waals surface area contributed by atoms with E-state index in [-0.39, 0.29) is 10.5 Å². The normalized spacial score (nSPS) is 16.8. The smallest absolute Gasteiger partial charge is 0.263 e. The van der Waals surface area contributed by atoms with Gasteiger partial charge in [0, 0.05) is 36.7 Å². The molecular formula is C23H16F7N3O2S. The zero-order valence-corrected chi connectivity index (χ0v) is 19.1. The van der Waals surface area contributed by atoms with Gasteiger partial charge in [-0.05, 0) is 35.4 Å². The zero-order valence-electron chi connectivity index (χ0n) is 18.3. The van der Waals surface area contributed by atoms with Gasteiger partial charge in [0.15, 0.2) is 15.7 Å². The highest BCUT2D eigenvalue weighted by Gasteiger charge is 2.63. The third-order valence-electron chi connectivity index (χ3n) is 5.53. The van der Waals surface area contributed by atoms with Crippen LogP contribution in [0.15, 0.2) is 70.9 Å². The van der Waals surface area contributed by atoms with Crippen molar-refractivity contribution in [3.63, 3.8) is 0 Å². The molecule has 0 saturated heterocycles. The van der Waals surface area contributed by atoms with Crippen LogP contribution in [0.25, 0.3) is 11.1 Å². The standard InChI is InChI=1S/C23H16F7N3O2S/c1-36(34,35)17-8-15(11-31-12-17)13-3-2-4-14(7-13)20-10-21(22(26,27)23(28,29)30)32-33(20)19-6-5-16(24)9-18(19)25/h2-9,11-12,20H,10H2,1H3. The molecule has 2 aromatic carbocycles. The Labute approximate surface area is 200 Å². The molecule has 190 valence electrons. The number of hydrazone groups is 1. The van der Waals surface area contributed by atoms with Crippen LogP contribution >= 0.6 is 0 Å². The van der Waals surface area contributed by atoms with Gasteiger partial charge in [0.2, 0.25) is 0 Å². The minimum atomic E-state index is -5.94. The number of hydrogen-bond acceptors (Lipinski definition) is 5. The van der Waals surface area contributed by atoms with Crippen molar-refractivity contribution in [2.24, 2.45) is 5.10 Å². The molecule has 0 spiro atoms. The maximum absolute atomic E-state index is 14.5. The molecule has 2 heterocycles. The Kier molecular flexibility index (Phi) is 6.31. The first kappa shape index (κ1) is 25.6. The number of sulfone groups is 1. The molecule has 13 heteroatoms. The summed E-state index contributed by atoms with van der Waals surface area (Å²) in [5.74, 6) is -7.47. The summed E-state index contributed by atoms with van der Waals surface area (Å²) in [5.41, 5.74) is -1.15. The van der Waals surface area contributed by atoms with Crippen LogP contribution in [0.2, 0.25) is 0 Å². The lowest BCUT2D eigenvalue weighted by molar-refractivity contribution is -0.249. The largest absolute Gasteiger partial charge is 0.459 e. The van der Waals surface area contributed by atoms with Crippen molar-refractivity contribution in [2.45, 2.75) is 29.5 Å². The van der Waals surface area contributed by atoms with Crippen LogP contribution in [0.3, 0.4) is 0 Å². The molecule has 36 heavy (non-hydrogen) atoms. The van der Waals surface area contributed by atoms with Crippen LogP contribution in [-0.4, -0.2) is 37.5 Å². The van der Waals surface area contributed by atoms with Crippen LogP contribution < -0.4 is 5.01 Å². The van der Waals surface area contributed by atoms with E-state index in [0.29, 0.717) is 22.2 Å². The predicted octanol–water partition coefficient (Wildman–Crippen LogP) is 5.94. The highest BCUT2D eigenvalue weighted by molar-refractivity contribution is 7.90. The molecule has 1 unspecified atom stereocenters. The van der Waals surface area contributed by atoms with E-state index in [9.17, 15) is 39.2 Å². The molecule has 1 aromatic heterocycles. The number of nitrogens with zero attached hydrogens (tertiary/aromatic N) is 3. The lowest BCUT2D eigenvalue weighted by atomic mass is 9.95. The molecule has 0 amide bonds. The van der Waals surface area contributed by atoms with Crippen molar-refractivity contribution < 1.29 is 39.2 Å². The van der Waals surface area contributed by atoms with Gasteiger partial charge in [-0.1, -0.05) is 18.2 Å². The second kappa shape index (κ2) is 8.87. The molecular weight excluding hydrogens is 515 g/mol. The Balaban J connectivity index is 1.81.